The van der Waals surface area contributed by atoms with Crippen LogP contribution in [0.5, 0.6) is 0 Å². The van der Waals surface area contributed by atoms with Crippen LogP contribution in [0.3, 0.4) is 0 Å². The molecular weight excluding hydrogens is 367 g/mol. The number of aromatic nitrogens is 2. The topological polar surface area (TPSA) is 59.0 Å². The first-order valence-corrected chi connectivity index (χ1v) is 9.47. The largest absolute Gasteiger partial charge is 0.336 e. The molecule has 0 aliphatic rings. The first kappa shape index (κ1) is 18.7. The average Bonchev–Trinajstić information content (AvgIpc) is 3.13. The van der Waals surface area contributed by atoms with Crippen LogP contribution < -0.4 is 10.6 Å². The van der Waals surface area contributed by atoms with Gasteiger partial charge in [-0.25, -0.2) is 14.2 Å². The molecule has 2 amide bonds. The fourth-order valence-corrected chi connectivity index (χ4v) is 3.24. The number of fused-ring (bicyclic) bond motifs is 1. The molecule has 5 nitrogen and oxygen atoms in total. The number of halogens is 1. The maximum atomic E-state index is 12.9. The summed E-state index contributed by atoms with van der Waals surface area (Å²) in [5.74, 6) is 0.584. The van der Waals surface area contributed by atoms with Crippen molar-refractivity contribution >= 4 is 17.1 Å². The number of benzene rings is 3. The first-order chi connectivity index (χ1) is 14.2. The number of nitrogens with zero attached hydrogens (tertiary/aromatic N) is 2. The monoisotopic (exact) mass is 388 g/mol. The SMILES string of the molecule is O=C(NCCn1c(-c2ccccc2)nc2ccccc21)NCc1ccc(F)cc1. The Balaban J connectivity index is 1.41. The van der Waals surface area contributed by atoms with Crippen molar-refractivity contribution in [2.24, 2.45) is 0 Å². The molecule has 0 fully saturated rings. The van der Waals surface area contributed by atoms with Gasteiger partial charge in [-0.1, -0.05) is 54.6 Å². The van der Waals surface area contributed by atoms with Crippen molar-refractivity contribution in [1.29, 1.82) is 0 Å². The van der Waals surface area contributed by atoms with Crippen molar-refractivity contribution in [2.75, 3.05) is 6.54 Å². The van der Waals surface area contributed by atoms with Crippen molar-refractivity contribution < 1.29 is 9.18 Å². The number of carbonyl (C=O) groups is 1. The third-order valence-corrected chi connectivity index (χ3v) is 4.67. The summed E-state index contributed by atoms with van der Waals surface area (Å²) in [5, 5.41) is 5.66. The molecule has 0 saturated heterocycles. The molecule has 0 saturated carbocycles. The number of imidazole rings is 1. The van der Waals surface area contributed by atoms with Crippen LogP contribution in [-0.4, -0.2) is 22.1 Å². The maximum Gasteiger partial charge on any atom is 0.315 e. The van der Waals surface area contributed by atoms with Crippen LogP contribution >= 0.6 is 0 Å². The van der Waals surface area contributed by atoms with E-state index in [9.17, 15) is 9.18 Å². The van der Waals surface area contributed by atoms with Crippen LogP contribution in [-0.2, 0) is 13.1 Å². The third kappa shape index (κ3) is 4.43. The Bertz CT molecular complexity index is 1110. The van der Waals surface area contributed by atoms with Crippen molar-refractivity contribution in [3.63, 3.8) is 0 Å². The van der Waals surface area contributed by atoms with Crippen molar-refractivity contribution in [3.05, 3.63) is 90.2 Å². The molecule has 4 rings (SSSR count). The highest BCUT2D eigenvalue weighted by atomic mass is 19.1. The van der Waals surface area contributed by atoms with E-state index in [4.69, 9.17) is 4.98 Å². The smallest absolute Gasteiger partial charge is 0.315 e. The Morgan fingerprint density at radius 2 is 1.62 bits per heavy atom. The standard InChI is InChI=1S/C23H21FN4O/c24-19-12-10-17(11-13-19)16-26-23(29)25-14-15-28-21-9-5-4-8-20(21)27-22(28)18-6-2-1-3-7-18/h1-13H,14-16H2,(H2,25,26,29). The maximum absolute atomic E-state index is 12.9. The second-order valence-electron chi connectivity index (χ2n) is 6.68. The number of carbonyl (C=O) groups excluding carboxylic acids is 1. The van der Waals surface area contributed by atoms with E-state index in [-0.39, 0.29) is 11.8 Å². The van der Waals surface area contributed by atoms with Crippen molar-refractivity contribution in [3.8, 4) is 11.4 Å². The fraction of sp³-hybridized carbons (Fsp3) is 0.130. The molecule has 6 heteroatoms. The highest BCUT2D eigenvalue weighted by molar-refractivity contribution is 5.80. The van der Waals surface area contributed by atoms with E-state index in [1.165, 1.54) is 12.1 Å². The summed E-state index contributed by atoms with van der Waals surface area (Å²) in [4.78, 5) is 16.9. The van der Waals surface area contributed by atoms with Gasteiger partial charge in [0.15, 0.2) is 0 Å². The van der Waals surface area contributed by atoms with Gasteiger partial charge in [0.2, 0.25) is 0 Å². The van der Waals surface area contributed by atoms with Crippen molar-refractivity contribution in [2.45, 2.75) is 13.1 Å². The molecule has 3 aromatic carbocycles. The Morgan fingerprint density at radius 3 is 2.41 bits per heavy atom. The minimum atomic E-state index is -0.292. The minimum Gasteiger partial charge on any atom is -0.336 e. The molecule has 1 heterocycles. The number of nitrogens with one attached hydrogen (secondary N) is 2. The van der Waals surface area contributed by atoms with E-state index in [2.05, 4.69) is 15.2 Å². The molecule has 4 aromatic rings. The Kier molecular flexibility index (Phi) is 5.52. The van der Waals surface area contributed by atoms with E-state index in [1.807, 2.05) is 54.6 Å². The quantitative estimate of drug-likeness (QED) is 0.516. The zero-order valence-electron chi connectivity index (χ0n) is 15.8. The van der Waals surface area contributed by atoms with Gasteiger partial charge in [-0.2, -0.15) is 0 Å². The summed E-state index contributed by atoms with van der Waals surface area (Å²) in [7, 11) is 0. The second kappa shape index (κ2) is 8.56. The summed E-state index contributed by atoms with van der Waals surface area (Å²) in [5.41, 5.74) is 3.82. The molecule has 146 valence electrons. The normalized spacial score (nSPS) is 10.8. The van der Waals surface area contributed by atoms with E-state index >= 15 is 0 Å². The molecule has 0 radical (unpaired) electrons. The second-order valence-corrected chi connectivity index (χ2v) is 6.68. The highest BCUT2D eigenvalue weighted by Gasteiger charge is 2.12. The average molecular weight is 388 g/mol. The number of hydrogen-bond acceptors (Lipinski definition) is 2. The molecule has 2 N–H and O–H groups in total. The molecule has 0 unspecified atom stereocenters. The first-order valence-electron chi connectivity index (χ1n) is 9.47. The predicted octanol–water partition coefficient (Wildman–Crippen LogP) is 4.34. The van der Waals surface area contributed by atoms with E-state index in [0.29, 0.717) is 19.6 Å². The molecule has 29 heavy (non-hydrogen) atoms. The van der Waals surface area contributed by atoms with Crippen molar-refractivity contribution in [1.82, 2.24) is 20.2 Å². The lowest BCUT2D eigenvalue weighted by Gasteiger charge is -2.11. The lowest BCUT2D eigenvalue weighted by atomic mass is 10.2. The highest BCUT2D eigenvalue weighted by Crippen LogP contribution is 2.24. The van der Waals surface area contributed by atoms with Gasteiger partial charge in [0.25, 0.3) is 0 Å². The van der Waals surface area contributed by atoms with Crippen LogP contribution in [0, 0.1) is 5.82 Å². The fourth-order valence-electron chi connectivity index (χ4n) is 3.24. The summed E-state index contributed by atoms with van der Waals surface area (Å²) in [6.45, 7) is 1.39. The minimum absolute atomic E-state index is 0.264. The van der Waals surface area contributed by atoms with Crippen LogP contribution in [0.1, 0.15) is 5.56 Å². The van der Waals surface area contributed by atoms with Gasteiger partial charge in [-0.3, -0.25) is 0 Å². The van der Waals surface area contributed by atoms with E-state index in [1.54, 1.807) is 12.1 Å². The number of urea groups is 1. The van der Waals surface area contributed by atoms with Crippen LogP contribution in [0.4, 0.5) is 9.18 Å². The zero-order chi connectivity index (χ0) is 20.1. The molecule has 0 atom stereocenters. The molecular formula is C23H21FN4O. The van der Waals surface area contributed by atoms with Crippen LogP contribution in [0.25, 0.3) is 22.4 Å². The summed E-state index contributed by atoms with van der Waals surface area (Å²) >= 11 is 0. The summed E-state index contributed by atoms with van der Waals surface area (Å²) in [6, 6.07) is 23.8. The van der Waals surface area contributed by atoms with Gasteiger partial charge in [0, 0.05) is 25.2 Å². The lowest BCUT2D eigenvalue weighted by Crippen LogP contribution is -2.36. The van der Waals surface area contributed by atoms with E-state index < -0.39 is 0 Å². The van der Waals surface area contributed by atoms with E-state index in [0.717, 1.165) is 28.0 Å². The number of para-hydroxylation sites is 2. The van der Waals surface area contributed by atoms with Gasteiger partial charge in [-0.05, 0) is 29.8 Å². The Labute approximate surface area is 168 Å². The molecule has 0 aliphatic carbocycles. The number of rotatable bonds is 6. The molecule has 1 aromatic heterocycles. The van der Waals surface area contributed by atoms with Crippen LogP contribution in [0.15, 0.2) is 78.9 Å². The molecule has 0 spiro atoms. The molecule has 0 aliphatic heterocycles. The third-order valence-electron chi connectivity index (χ3n) is 4.67. The van der Waals surface area contributed by atoms with Gasteiger partial charge in [0.05, 0.1) is 11.0 Å². The zero-order valence-corrected chi connectivity index (χ0v) is 15.8. The Hall–Kier alpha value is -3.67. The van der Waals surface area contributed by atoms with Gasteiger partial charge < -0.3 is 15.2 Å². The van der Waals surface area contributed by atoms with Gasteiger partial charge in [-0.15, -0.1) is 0 Å². The van der Waals surface area contributed by atoms with Crippen LogP contribution in [0.2, 0.25) is 0 Å². The van der Waals surface area contributed by atoms with Gasteiger partial charge >= 0.3 is 6.03 Å². The summed E-state index contributed by atoms with van der Waals surface area (Å²) < 4.78 is 15.1. The number of hydrogen-bond donors (Lipinski definition) is 2. The Morgan fingerprint density at radius 1 is 0.897 bits per heavy atom. The molecule has 0 bridgehead atoms. The lowest BCUT2D eigenvalue weighted by molar-refractivity contribution is 0.240. The van der Waals surface area contributed by atoms with Gasteiger partial charge in [0.1, 0.15) is 11.6 Å². The number of amides is 2. The summed E-state index contributed by atoms with van der Waals surface area (Å²) in [6.07, 6.45) is 0. The predicted molar refractivity (Wildman–Crippen MR) is 112 cm³/mol.